The van der Waals surface area contributed by atoms with Crippen molar-refractivity contribution in [1.29, 1.82) is 0 Å². The molecular weight excluding hydrogens is 172 g/mol. The maximum atomic E-state index is 3.38. The summed E-state index contributed by atoms with van der Waals surface area (Å²) in [5.41, 5.74) is 0. The summed E-state index contributed by atoms with van der Waals surface area (Å²) in [4.78, 5) is 0. The number of halogens is 1. The van der Waals surface area contributed by atoms with Crippen LogP contribution in [0.4, 0.5) is 0 Å². The van der Waals surface area contributed by atoms with Gasteiger partial charge in [0.05, 0.1) is 6.26 Å². The lowest BCUT2D eigenvalue weighted by atomic mass is 10.4. The highest BCUT2D eigenvalue weighted by atomic mass is 79.9. The molecule has 0 saturated carbocycles. The van der Waals surface area contributed by atoms with Crippen LogP contribution in [0.2, 0.25) is 0 Å². The van der Waals surface area contributed by atoms with Gasteiger partial charge in [0.1, 0.15) is 5.75 Å². The molecule has 0 bridgehead atoms. The van der Waals surface area contributed by atoms with Gasteiger partial charge in [-0.1, -0.05) is 15.9 Å². The van der Waals surface area contributed by atoms with Crippen LogP contribution in [0.25, 0.3) is 0 Å². The summed E-state index contributed by atoms with van der Waals surface area (Å²) in [6, 6.07) is 0. The minimum Gasteiger partial charge on any atom is -0.0928 e. The molecule has 0 heterocycles. The monoisotopic (exact) mass is 183 g/mol. The van der Waals surface area contributed by atoms with E-state index in [9.17, 15) is 0 Å². The molecule has 7 heavy (non-hydrogen) atoms. The normalized spacial score (nSPS) is 9.43. The largest absolute Gasteiger partial charge is 0.105 e. The zero-order chi connectivity index (χ0) is 5.54. The highest BCUT2D eigenvalue weighted by Gasteiger charge is 1.86. The number of rotatable bonds is 4. The van der Waals surface area contributed by atoms with Crippen molar-refractivity contribution >= 4 is 27.7 Å². The van der Waals surface area contributed by atoms with E-state index in [1.165, 1.54) is 35.7 Å². The van der Waals surface area contributed by atoms with Crippen molar-refractivity contribution in [3.05, 3.63) is 0 Å². The van der Waals surface area contributed by atoms with Gasteiger partial charge in [0.15, 0.2) is 0 Å². The van der Waals surface area contributed by atoms with Gasteiger partial charge in [0.25, 0.3) is 0 Å². The van der Waals surface area contributed by atoms with Gasteiger partial charge in [-0.05, 0) is 24.6 Å². The van der Waals surface area contributed by atoms with Gasteiger partial charge < -0.3 is 0 Å². The third-order valence-electron chi connectivity index (χ3n) is 0.765. The van der Waals surface area contributed by atoms with Crippen LogP contribution in [0.15, 0.2) is 0 Å². The Kier molecular flexibility index (Phi) is 7.64. The van der Waals surface area contributed by atoms with Gasteiger partial charge in [-0.2, -0.15) is 0 Å². The average Bonchev–Trinajstić information content (AvgIpc) is 1.69. The van der Waals surface area contributed by atoms with Crippen LogP contribution in [0.1, 0.15) is 12.8 Å². The molecule has 0 aliphatic heterocycles. The quantitative estimate of drug-likeness (QED) is 0.269. The molecule has 0 spiro atoms. The van der Waals surface area contributed by atoms with E-state index in [4.69, 9.17) is 0 Å². The third-order valence-corrected chi connectivity index (χ3v) is 2.09. The molecule has 0 aliphatic rings. The Hall–Kier alpha value is 0.830. The molecule has 0 aliphatic carbocycles. The third kappa shape index (κ3) is 6.83. The first-order valence-corrected chi connectivity index (χ1v) is 5.18. The molecule has 0 nitrogen and oxygen atoms in total. The number of unbranched alkanes of at least 4 members (excludes halogenated alkanes) is 1. The van der Waals surface area contributed by atoms with Gasteiger partial charge in [0, 0.05) is 5.33 Å². The van der Waals surface area contributed by atoms with E-state index in [0.29, 0.717) is 0 Å². The highest BCUT2D eigenvalue weighted by molar-refractivity contribution is 9.09. The molecule has 0 aromatic heterocycles. The Morgan fingerprint density at radius 1 is 1.43 bits per heavy atom. The van der Waals surface area contributed by atoms with Crippen LogP contribution in [0, 0.1) is 0 Å². The Balaban J connectivity index is 2.45. The number of alkyl halides is 1. The van der Waals surface area contributed by atoms with Crippen molar-refractivity contribution in [3.8, 4) is 0 Å². The fraction of sp³-hybridized carbons (Fsp3) is 1.00. The molecule has 0 aromatic rings. The molecule has 0 aromatic carbocycles. The lowest BCUT2D eigenvalue weighted by Crippen LogP contribution is -1.85. The lowest BCUT2D eigenvalue weighted by molar-refractivity contribution is 0.913. The second-order valence-corrected chi connectivity index (χ2v) is 3.31. The van der Waals surface area contributed by atoms with Gasteiger partial charge in [-0.3, -0.25) is 0 Å². The summed E-state index contributed by atoms with van der Waals surface area (Å²) >= 11 is 4.91. The second kappa shape index (κ2) is 6.83. The molecular formula is C5H12BrS+. The number of hydrogen-bond acceptors (Lipinski definition) is 0. The van der Waals surface area contributed by atoms with Gasteiger partial charge in [0.2, 0.25) is 0 Å². The topological polar surface area (TPSA) is 0 Å². The van der Waals surface area contributed by atoms with E-state index in [1.807, 2.05) is 0 Å². The van der Waals surface area contributed by atoms with Crippen LogP contribution < -0.4 is 0 Å². The summed E-state index contributed by atoms with van der Waals surface area (Å²) in [6.07, 6.45) is 4.92. The Bertz CT molecular complexity index is 27.3. The summed E-state index contributed by atoms with van der Waals surface area (Å²) < 4.78 is 0. The minimum atomic E-state index is 1.17. The van der Waals surface area contributed by atoms with Crippen molar-refractivity contribution < 1.29 is 0 Å². The Morgan fingerprint density at radius 3 is 2.57 bits per heavy atom. The summed E-state index contributed by atoms with van der Waals surface area (Å²) in [6.45, 7) is 0. The van der Waals surface area contributed by atoms with Crippen LogP contribution in [-0.2, 0) is 11.8 Å². The smallest absolute Gasteiger partial charge is 0.0928 e. The summed E-state index contributed by atoms with van der Waals surface area (Å²) in [5, 5.41) is 1.17. The fourth-order valence-corrected chi connectivity index (χ4v) is 1.30. The van der Waals surface area contributed by atoms with E-state index >= 15 is 0 Å². The predicted molar refractivity (Wildman–Crippen MR) is 42.6 cm³/mol. The van der Waals surface area contributed by atoms with Gasteiger partial charge in [-0.15, -0.1) is 0 Å². The van der Waals surface area contributed by atoms with Gasteiger partial charge >= 0.3 is 0 Å². The molecule has 2 heteroatoms. The van der Waals surface area contributed by atoms with Crippen LogP contribution in [0.3, 0.4) is 0 Å². The first-order valence-electron chi connectivity index (χ1n) is 2.53. The van der Waals surface area contributed by atoms with E-state index in [2.05, 4.69) is 22.2 Å². The molecule has 0 unspecified atom stereocenters. The summed E-state index contributed by atoms with van der Waals surface area (Å²) in [7, 11) is 0. The maximum absolute atomic E-state index is 3.38. The van der Waals surface area contributed by atoms with Crippen molar-refractivity contribution in [3.63, 3.8) is 0 Å². The van der Waals surface area contributed by atoms with E-state index in [-0.39, 0.29) is 0 Å². The first-order chi connectivity index (χ1) is 3.41. The van der Waals surface area contributed by atoms with E-state index in [1.54, 1.807) is 0 Å². The second-order valence-electron chi connectivity index (χ2n) is 1.44. The Labute approximate surface area is 58.2 Å². The number of hydrogen-bond donors (Lipinski definition) is 0. The zero-order valence-electron chi connectivity index (χ0n) is 4.65. The van der Waals surface area contributed by atoms with E-state index < -0.39 is 0 Å². The Morgan fingerprint density at radius 2 is 2.14 bits per heavy atom. The molecule has 0 N–H and O–H groups in total. The van der Waals surface area contributed by atoms with Gasteiger partial charge in [-0.25, -0.2) is 0 Å². The maximum Gasteiger partial charge on any atom is 0.105 e. The zero-order valence-corrected chi connectivity index (χ0v) is 7.13. The SMILES string of the molecule is C[SH+]CCCCBr. The predicted octanol–water partition coefficient (Wildman–Crippen LogP) is 1.61. The molecule has 0 saturated heterocycles. The molecule has 44 valence electrons. The molecule has 0 radical (unpaired) electrons. The van der Waals surface area contributed by atoms with Crippen LogP contribution in [-0.4, -0.2) is 17.3 Å². The lowest BCUT2D eigenvalue weighted by Gasteiger charge is -1.84. The highest BCUT2D eigenvalue weighted by Crippen LogP contribution is 1.92. The molecule has 0 rings (SSSR count). The minimum absolute atomic E-state index is 1.17. The van der Waals surface area contributed by atoms with E-state index in [0.717, 1.165) is 0 Å². The number of thiol groups is 1. The molecule has 0 amide bonds. The van der Waals surface area contributed by atoms with Crippen LogP contribution in [0.5, 0.6) is 0 Å². The fourth-order valence-electron chi connectivity index (χ4n) is 0.364. The molecule has 0 atom stereocenters. The van der Waals surface area contributed by atoms with Crippen molar-refractivity contribution in [1.82, 2.24) is 0 Å². The van der Waals surface area contributed by atoms with Crippen molar-refractivity contribution in [2.24, 2.45) is 0 Å². The standard InChI is InChI=1S/C5H11BrS/c1-7-5-3-2-4-6/h2-5H2,1H3/p+1. The molecule has 0 fully saturated rings. The van der Waals surface area contributed by atoms with Crippen molar-refractivity contribution in [2.75, 3.05) is 17.3 Å². The van der Waals surface area contributed by atoms with Crippen LogP contribution >= 0.6 is 15.9 Å². The van der Waals surface area contributed by atoms with Crippen molar-refractivity contribution in [2.45, 2.75) is 12.8 Å². The first kappa shape index (κ1) is 7.83. The average molecular weight is 184 g/mol. The summed E-state index contributed by atoms with van der Waals surface area (Å²) in [5.74, 6) is 1.37.